The summed E-state index contributed by atoms with van der Waals surface area (Å²) in [6.07, 6.45) is 4.49. The van der Waals surface area contributed by atoms with Crippen LogP contribution in [0.25, 0.3) is 0 Å². The van der Waals surface area contributed by atoms with Crippen molar-refractivity contribution in [1.82, 2.24) is 9.88 Å². The number of hydrogen-bond acceptors (Lipinski definition) is 4. The van der Waals surface area contributed by atoms with Crippen molar-refractivity contribution in [1.29, 1.82) is 0 Å². The molecule has 2 atom stereocenters. The van der Waals surface area contributed by atoms with Gasteiger partial charge in [0.2, 0.25) is 0 Å². The Balaban J connectivity index is 2.05. The second kappa shape index (κ2) is 4.61. The number of hydrogen-bond donors (Lipinski definition) is 0. The van der Waals surface area contributed by atoms with Crippen molar-refractivity contribution in [3.05, 3.63) is 30.1 Å². The van der Waals surface area contributed by atoms with E-state index in [0.717, 1.165) is 13.0 Å². The minimum atomic E-state index is -0.203. The summed E-state index contributed by atoms with van der Waals surface area (Å²) in [7, 11) is 2.04. The van der Waals surface area contributed by atoms with Gasteiger partial charge in [0.05, 0.1) is 0 Å². The first kappa shape index (κ1) is 11.1. The smallest absolute Gasteiger partial charge is 0.302 e. The molecule has 86 valence electrons. The number of carbonyl (C=O) groups excluding carboxylic acids is 1. The van der Waals surface area contributed by atoms with Crippen molar-refractivity contribution in [2.45, 2.75) is 25.5 Å². The molecule has 1 aromatic heterocycles. The van der Waals surface area contributed by atoms with Crippen molar-refractivity contribution in [2.24, 2.45) is 0 Å². The van der Waals surface area contributed by atoms with Crippen LogP contribution >= 0.6 is 0 Å². The van der Waals surface area contributed by atoms with Crippen LogP contribution in [0.3, 0.4) is 0 Å². The molecule has 1 fully saturated rings. The van der Waals surface area contributed by atoms with Crippen LogP contribution in [0.5, 0.6) is 0 Å². The molecule has 2 rings (SSSR count). The Morgan fingerprint density at radius 1 is 1.62 bits per heavy atom. The minimum Gasteiger partial charge on any atom is -0.461 e. The van der Waals surface area contributed by atoms with E-state index in [2.05, 4.69) is 16.0 Å². The quantitative estimate of drug-likeness (QED) is 0.706. The molecular weight excluding hydrogens is 204 g/mol. The molecular formula is C12H16N2O2. The second-order valence-corrected chi connectivity index (χ2v) is 4.21. The topological polar surface area (TPSA) is 42.4 Å². The third-order valence-corrected chi connectivity index (χ3v) is 2.91. The number of rotatable bonds is 2. The molecule has 0 bridgehead atoms. The van der Waals surface area contributed by atoms with Gasteiger partial charge in [-0.3, -0.25) is 14.7 Å². The Morgan fingerprint density at radius 3 is 3.06 bits per heavy atom. The van der Waals surface area contributed by atoms with Crippen LogP contribution in [0.2, 0.25) is 0 Å². The van der Waals surface area contributed by atoms with Gasteiger partial charge >= 0.3 is 5.97 Å². The summed E-state index contributed by atoms with van der Waals surface area (Å²) in [5.74, 6) is -0.203. The summed E-state index contributed by atoms with van der Waals surface area (Å²) in [6.45, 7) is 2.25. The standard InChI is InChI=1S/C12H16N2O2/c1-9(15)16-11-6-12(14(2)8-11)10-4-3-5-13-7-10/h3-5,7,11-12H,6,8H2,1-2H3/t11?,12-/m0/s1. The highest BCUT2D eigenvalue weighted by atomic mass is 16.5. The van der Waals surface area contributed by atoms with Crippen molar-refractivity contribution in [3.8, 4) is 0 Å². The van der Waals surface area contributed by atoms with E-state index in [-0.39, 0.29) is 12.1 Å². The van der Waals surface area contributed by atoms with Crippen LogP contribution in [-0.4, -0.2) is 35.5 Å². The molecule has 4 nitrogen and oxygen atoms in total. The molecule has 0 radical (unpaired) electrons. The average molecular weight is 220 g/mol. The second-order valence-electron chi connectivity index (χ2n) is 4.21. The SMILES string of the molecule is CC(=O)OC1C[C@@H](c2cccnc2)N(C)C1. The van der Waals surface area contributed by atoms with Gasteiger partial charge in [0.15, 0.2) is 0 Å². The molecule has 1 saturated heterocycles. The maximum atomic E-state index is 10.9. The highest BCUT2D eigenvalue weighted by molar-refractivity contribution is 5.66. The van der Waals surface area contributed by atoms with E-state index in [9.17, 15) is 4.79 Å². The number of carbonyl (C=O) groups is 1. The van der Waals surface area contributed by atoms with Crippen LogP contribution in [0.15, 0.2) is 24.5 Å². The lowest BCUT2D eigenvalue weighted by atomic mass is 10.1. The van der Waals surface area contributed by atoms with E-state index in [4.69, 9.17) is 4.74 Å². The van der Waals surface area contributed by atoms with Crippen molar-refractivity contribution >= 4 is 5.97 Å². The van der Waals surface area contributed by atoms with Crippen LogP contribution in [0, 0.1) is 0 Å². The van der Waals surface area contributed by atoms with Gasteiger partial charge in [-0.15, -0.1) is 0 Å². The number of aromatic nitrogens is 1. The fourth-order valence-electron chi connectivity index (χ4n) is 2.24. The number of nitrogens with zero attached hydrogens (tertiary/aromatic N) is 2. The lowest BCUT2D eigenvalue weighted by molar-refractivity contribution is -0.145. The van der Waals surface area contributed by atoms with E-state index in [1.165, 1.54) is 12.5 Å². The molecule has 1 aromatic rings. The number of likely N-dealkylation sites (tertiary alicyclic amines) is 1. The molecule has 0 saturated carbocycles. The molecule has 0 spiro atoms. The maximum absolute atomic E-state index is 10.9. The Bertz CT molecular complexity index is 367. The van der Waals surface area contributed by atoms with Crippen LogP contribution in [0.1, 0.15) is 24.9 Å². The Kier molecular flexibility index (Phi) is 3.19. The normalized spacial score (nSPS) is 25.6. The molecule has 1 aliphatic heterocycles. The van der Waals surface area contributed by atoms with Crippen molar-refractivity contribution in [3.63, 3.8) is 0 Å². The van der Waals surface area contributed by atoms with Gasteiger partial charge in [0.1, 0.15) is 6.10 Å². The van der Waals surface area contributed by atoms with E-state index < -0.39 is 0 Å². The van der Waals surface area contributed by atoms with Crippen molar-refractivity contribution in [2.75, 3.05) is 13.6 Å². The van der Waals surface area contributed by atoms with Gasteiger partial charge in [0, 0.05) is 38.3 Å². The Labute approximate surface area is 95.2 Å². The van der Waals surface area contributed by atoms with Gasteiger partial charge in [-0.25, -0.2) is 0 Å². The summed E-state index contributed by atoms with van der Waals surface area (Å²) in [6, 6.07) is 4.30. The first-order chi connectivity index (χ1) is 7.66. The predicted octanol–water partition coefficient (Wildman–Crippen LogP) is 1.39. The van der Waals surface area contributed by atoms with Crippen LogP contribution < -0.4 is 0 Å². The maximum Gasteiger partial charge on any atom is 0.302 e. The zero-order valence-electron chi connectivity index (χ0n) is 9.59. The summed E-state index contributed by atoms with van der Waals surface area (Å²) in [5, 5.41) is 0. The fraction of sp³-hybridized carbons (Fsp3) is 0.500. The van der Waals surface area contributed by atoms with Gasteiger partial charge in [-0.2, -0.15) is 0 Å². The molecule has 4 heteroatoms. The van der Waals surface area contributed by atoms with E-state index in [0.29, 0.717) is 6.04 Å². The highest BCUT2D eigenvalue weighted by Gasteiger charge is 2.32. The van der Waals surface area contributed by atoms with Gasteiger partial charge in [0.25, 0.3) is 0 Å². The van der Waals surface area contributed by atoms with Gasteiger partial charge < -0.3 is 4.74 Å². The minimum absolute atomic E-state index is 0.00714. The van der Waals surface area contributed by atoms with E-state index >= 15 is 0 Å². The third-order valence-electron chi connectivity index (χ3n) is 2.91. The number of pyridine rings is 1. The van der Waals surface area contributed by atoms with Crippen LogP contribution in [-0.2, 0) is 9.53 Å². The van der Waals surface area contributed by atoms with E-state index in [1.807, 2.05) is 19.3 Å². The average Bonchev–Trinajstić information content (AvgIpc) is 2.60. The monoisotopic (exact) mass is 220 g/mol. The van der Waals surface area contributed by atoms with Gasteiger partial charge in [-0.1, -0.05) is 6.07 Å². The predicted molar refractivity (Wildman–Crippen MR) is 59.8 cm³/mol. The number of ether oxygens (including phenoxy) is 1. The fourth-order valence-corrected chi connectivity index (χ4v) is 2.24. The molecule has 16 heavy (non-hydrogen) atoms. The zero-order valence-corrected chi connectivity index (χ0v) is 9.59. The molecule has 2 heterocycles. The summed E-state index contributed by atoms with van der Waals surface area (Å²) in [4.78, 5) is 17.2. The molecule has 1 unspecified atom stereocenters. The molecule has 0 N–H and O–H groups in total. The summed E-state index contributed by atoms with van der Waals surface area (Å²) < 4.78 is 5.23. The zero-order chi connectivity index (χ0) is 11.5. The summed E-state index contributed by atoms with van der Waals surface area (Å²) >= 11 is 0. The summed E-state index contributed by atoms with van der Waals surface area (Å²) in [5.41, 5.74) is 1.18. The highest BCUT2D eigenvalue weighted by Crippen LogP contribution is 2.31. The first-order valence-corrected chi connectivity index (χ1v) is 5.44. The molecule has 1 aliphatic rings. The lowest BCUT2D eigenvalue weighted by Gasteiger charge is -2.18. The van der Waals surface area contributed by atoms with E-state index in [1.54, 1.807) is 6.20 Å². The van der Waals surface area contributed by atoms with Gasteiger partial charge in [-0.05, 0) is 18.7 Å². The molecule has 0 aromatic carbocycles. The van der Waals surface area contributed by atoms with Crippen molar-refractivity contribution < 1.29 is 9.53 Å². The Morgan fingerprint density at radius 2 is 2.44 bits per heavy atom. The molecule has 0 aliphatic carbocycles. The molecule has 0 amide bonds. The van der Waals surface area contributed by atoms with Crippen LogP contribution in [0.4, 0.5) is 0 Å². The Hall–Kier alpha value is -1.42. The lowest BCUT2D eigenvalue weighted by Crippen LogP contribution is -2.21. The largest absolute Gasteiger partial charge is 0.461 e. The number of likely N-dealkylation sites (N-methyl/N-ethyl adjacent to an activating group) is 1. The number of esters is 1. The third kappa shape index (κ3) is 2.39. The first-order valence-electron chi connectivity index (χ1n) is 5.44.